The largest absolute Gasteiger partial charge is 0.342 e. The van der Waals surface area contributed by atoms with Gasteiger partial charge >= 0.3 is 0 Å². The predicted molar refractivity (Wildman–Crippen MR) is 99.3 cm³/mol. The van der Waals surface area contributed by atoms with E-state index >= 15 is 0 Å². The van der Waals surface area contributed by atoms with Gasteiger partial charge in [-0.15, -0.1) is 4.08 Å². The van der Waals surface area contributed by atoms with Gasteiger partial charge in [-0.1, -0.05) is 40.5 Å². The van der Waals surface area contributed by atoms with Gasteiger partial charge in [-0.05, 0) is 31.6 Å². The van der Waals surface area contributed by atoms with Crippen molar-refractivity contribution in [2.24, 2.45) is 0 Å². The van der Waals surface area contributed by atoms with Gasteiger partial charge in [-0.3, -0.25) is 0 Å². The fourth-order valence-corrected chi connectivity index (χ4v) is 9.64. The summed E-state index contributed by atoms with van der Waals surface area (Å²) in [5.41, 5.74) is -0.971. The van der Waals surface area contributed by atoms with E-state index in [2.05, 4.69) is 0 Å². The van der Waals surface area contributed by atoms with Crippen molar-refractivity contribution in [1.29, 1.82) is 0 Å². The van der Waals surface area contributed by atoms with Crippen LogP contribution < -0.4 is 0 Å². The van der Waals surface area contributed by atoms with Gasteiger partial charge in [-0.25, -0.2) is 13.1 Å². The molecule has 23 heavy (non-hydrogen) atoms. The van der Waals surface area contributed by atoms with Crippen LogP contribution in [0.2, 0.25) is 0 Å². The first-order valence-corrected chi connectivity index (χ1v) is 12.4. The first kappa shape index (κ1) is 23.1. The number of carbonyl (C=O) groups excluding carboxylic acids is 1. The summed E-state index contributed by atoms with van der Waals surface area (Å²) in [5.74, 6) is -0.0422. The molecule has 0 bridgehead atoms. The number of unbranched alkanes of at least 4 members (excludes halogenated alkanes) is 1. The van der Waals surface area contributed by atoms with Crippen LogP contribution in [0.5, 0.6) is 0 Å². The lowest BCUT2D eigenvalue weighted by molar-refractivity contribution is -0.115. The zero-order chi connectivity index (χ0) is 18.3. The van der Waals surface area contributed by atoms with E-state index in [0.717, 1.165) is 23.2 Å². The molecule has 1 N–H and O–H groups in total. The number of hydrogen-bond donors (Lipinski definition) is 1. The third-order valence-corrected chi connectivity index (χ3v) is 10.7. The van der Waals surface area contributed by atoms with Gasteiger partial charge in [0.2, 0.25) is 16.6 Å². The van der Waals surface area contributed by atoms with Crippen LogP contribution in [-0.2, 0) is 26.6 Å². The minimum Gasteiger partial charge on any atom is -0.342 e. The van der Waals surface area contributed by atoms with Crippen molar-refractivity contribution in [3.8, 4) is 0 Å². The van der Waals surface area contributed by atoms with E-state index in [-0.39, 0.29) is 12.3 Å². The van der Waals surface area contributed by atoms with Crippen molar-refractivity contribution in [2.75, 3.05) is 18.8 Å². The topological polar surface area (TPSA) is 77.9 Å². The molecule has 9 heteroatoms. The summed E-state index contributed by atoms with van der Waals surface area (Å²) in [5, 5.41) is 0. The highest BCUT2D eigenvalue weighted by molar-refractivity contribution is 8.14. The molecule has 2 unspecified atom stereocenters. The molecule has 0 saturated carbocycles. The smallest absolute Gasteiger partial charge is 0.220 e. The SMILES string of the molecule is CCCCS(=O)(=O)N(CC)P(O)(=S)N(CC)C(C)(C=O)CCC. The van der Waals surface area contributed by atoms with E-state index < -0.39 is 22.1 Å². The average molecular weight is 387 g/mol. The Hall–Kier alpha value is 0.150. The lowest BCUT2D eigenvalue weighted by Gasteiger charge is -2.44. The Bertz CT molecular complexity index is 527. The van der Waals surface area contributed by atoms with E-state index in [1.165, 1.54) is 4.67 Å². The van der Waals surface area contributed by atoms with Gasteiger partial charge in [0, 0.05) is 13.1 Å². The Morgan fingerprint density at radius 3 is 2.09 bits per heavy atom. The van der Waals surface area contributed by atoms with Crippen LogP contribution in [0.4, 0.5) is 0 Å². The minimum absolute atomic E-state index is 0.0422. The van der Waals surface area contributed by atoms with E-state index in [0.29, 0.717) is 19.4 Å². The van der Waals surface area contributed by atoms with Crippen molar-refractivity contribution >= 4 is 34.7 Å². The number of rotatable bonds is 12. The first-order valence-electron chi connectivity index (χ1n) is 8.15. The molecule has 138 valence electrons. The Balaban J connectivity index is 5.86. The van der Waals surface area contributed by atoms with E-state index in [9.17, 15) is 18.1 Å². The number of likely N-dealkylation sites (N-methyl/N-ethyl adjacent to an activating group) is 1. The normalized spacial score (nSPS) is 17.9. The van der Waals surface area contributed by atoms with E-state index in [4.69, 9.17) is 11.8 Å². The lowest BCUT2D eigenvalue weighted by atomic mass is 9.98. The Morgan fingerprint density at radius 1 is 1.17 bits per heavy atom. The number of aldehydes is 1. The molecule has 0 aliphatic heterocycles. The maximum atomic E-state index is 12.6. The number of carbonyl (C=O) groups is 1. The molecular weight excluding hydrogens is 355 g/mol. The molecule has 0 saturated heterocycles. The molecule has 2 atom stereocenters. The van der Waals surface area contributed by atoms with Crippen LogP contribution in [0.25, 0.3) is 0 Å². The summed E-state index contributed by atoms with van der Waals surface area (Å²) in [6.45, 7) is 5.83. The lowest BCUT2D eigenvalue weighted by Crippen LogP contribution is -2.49. The molecule has 0 radical (unpaired) electrons. The highest BCUT2D eigenvalue weighted by Gasteiger charge is 2.44. The summed E-state index contributed by atoms with van der Waals surface area (Å²) >= 11 is 5.39. The second-order valence-corrected chi connectivity index (χ2v) is 11.5. The Kier molecular flexibility index (Phi) is 9.65. The minimum atomic E-state index is -3.66. The molecule has 0 aliphatic carbocycles. The number of hydrogen-bond acceptors (Lipinski definition) is 4. The van der Waals surface area contributed by atoms with Crippen LogP contribution in [0.3, 0.4) is 0 Å². The van der Waals surface area contributed by atoms with Crippen molar-refractivity contribution < 1.29 is 18.1 Å². The molecule has 0 aromatic carbocycles. The maximum absolute atomic E-state index is 12.6. The van der Waals surface area contributed by atoms with Crippen LogP contribution in [0, 0.1) is 0 Å². The zero-order valence-electron chi connectivity index (χ0n) is 14.9. The Labute approximate surface area is 146 Å². The fourth-order valence-electron chi connectivity index (χ4n) is 2.69. The highest BCUT2D eigenvalue weighted by atomic mass is 32.5. The van der Waals surface area contributed by atoms with Crippen LogP contribution in [0.15, 0.2) is 0 Å². The van der Waals surface area contributed by atoms with Gasteiger partial charge in [0.15, 0.2) is 0 Å². The van der Waals surface area contributed by atoms with Crippen LogP contribution in [-0.4, -0.2) is 52.7 Å². The molecule has 0 aromatic heterocycles. The summed E-state index contributed by atoms with van der Waals surface area (Å²) in [6.07, 6.45) is 3.26. The van der Waals surface area contributed by atoms with Crippen LogP contribution in [0.1, 0.15) is 60.3 Å². The average Bonchev–Trinajstić information content (AvgIpc) is 2.45. The van der Waals surface area contributed by atoms with Crippen molar-refractivity contribution in [2.45, 2.75) is 65.8 Å². The molecule has 0 aromatic rings. The molecule has 6 nitrogen and oxygen atoms in total. The number of sulfonamides is 1. The van der Waals surface area contributed by atoms with Crippen molar-refractivity contribution in [3.63, 3.8) is 0 Å². The maximum Gasteiger partial charge on any atom is 0.220 e. The monoisotopic (exact) mass is 386 g/mol. The van der Waals surface area contributed by atoms with Gasteiger partial charge in [-0.2, -0.15) is 0 Å². The Morgan fingerprint density at radius 2 is 1.74 bits per heavy atom. The molecule has 0 amide bonds. The summed E-state index contributed by atoms with van der Waals surface area (Å²) < 4.78 is 27.7. The predicted octanol–water partition coefficient (Wildman–Crippen LogP) is 2.73. The van der Waals surface area contributed by atoms with Crippen molar-refractivity contribution in [1.82, 2.24) is 8.75 Å². The number of nitrogens with zero attached hydrogens (tertiary/aromatic N) is 2. The third-order valence-electron chi connectivity index (χ3n) is 3.85. The van der Waals surface area contributed by atoms with Gasteiger partial charge < -0.3 is 9.69 Å². The standard InChI is InChI=1S/C14H31N2O4PS2/c1-6-10-12-23(19,20)16(9-4)21(18,22)15(8-3)14(5,13-17)11-7-2/h13H,6-12H2,1-5H3,(H,18,22). The first-order chi connectivity index (χ1) is 10.6. The molecule has 0 aliphatic rings. The fraction of sp³-hybridized carbons (Fsp3) is 0.929. The van der Waals surface area contributed by atoms with Gasteiger partial charge in [0.05, 0.1) is 11.3 Å². The molecule has 0 heterocycles. The van der Waals surface area contributed by atoms with Gasteiger partial charge in [0.1, 0.15) is 6.29 Å². The van der Waals surface area contributed by atoms with Crippen LogP contribution >= 0.6 is 6.57 Å². The second kappa shape index (κ2) is 9.59. The molecule has 0 spiro atoms. The molecular formula is C14H31N2O4PS2. The molecule has 0 fully saturated rings. The van der Waals surface area contributed by atoms with E-state index in [1.807, 2.05) is 13.8 Å². The third kappa shape index (κ3) is 5.58. The van der Waals surface area contributed by atoms with E-state index in [1.54, 1.807) is 20.8 Å². The summed E-state index contributed by atoms with van der Waals surface area (Å²) in [6, 6.07) is 0. The second-order valence-electron chi connectivity index (χ2n) is 5.76. The summed E-state index contributed by atoms with van der Waals surface area (Å²) in [4.78, 5) is 22.6. The zero-order valence-corrected chi connectivity index (χ0v) is 17.4. The van der Waals surface area contributed by atoms with Crippen molar-refractivity contribution in [3.05, 3.63) is 0 Å². The molecule has 0 rings (SSSR count). The van der Waals surface area contributed by atoms with Gasteiger partial charge in [0.25, 0.3) is 0 Å². The quantitative estimate of drug-likeness (QED) is 0.410. The summed E-state index contributed by atoms with van der Waals surface area (Å²) in [7, 11) is -3.66. The highest BCUT2D eigenvalue weighted by Crippen LogP contribution is 2.54.